The number of benzene rings is 1. The minimum atomic E-state index is -0.635. The van der Waals surface area contributed by atoms with Gasteiger partial charge in [0, 0.05) is 23.8 Å². The van der Waals surface area contributed by atoms with Gasteiger partial charge in [-0.2, -0.15) is 0 Å². The van der Waals surface area contributed by atoms with Gasteiger partial charge in [0.15, 0.2) is 0 Å². The van der Waals surface area contributed by atoms with Gasteiger partial charge in [0.05, 0.1) is 0 Å². The highest BCUT2D eigenvalue weighted by atomic mass is 35.5. The van der Waals surface area contributed by atoms with E-state index in [1.165, 1.54) is 0 Å². The molecule has 7 nitrogen and oxygen atoms in total. The van der Waals surface area contributed by atoms with Crippen molar-refractivity contribution in [2.45, 2.75) is 13.5 Å². The lowest BCUT2D eigenvalue weighted by atomic mass is 10.3. The van der Waals surface area contributed by atoms with Gasteiger partial charge < -0.3 is 20.2 Å². The van der Waals surface area contributed by atoms with Crippen LogP contribution in [0.2, 0.25) is 5.02 Å². The Morgan fingerprint density at radius 1 is 1.35 bits per heavy atom. The maximum Gasteiger partial charge on any atom is 0.332 e. The first-order valence-electron chi connectivity index (χ1n) is 6.68. The summed E-state index contributed by atoms with van der Waals surface area (Å²) < 4.78 is 5.57. The van der Waals surface area contributed by atoms with Crippen LogP contribution in [0.3, 0.4) is 0 Å². The summed E-state index contributed by atoms with van der Waals surface area (Å²) in [6.07, 6.45) is 1.62. The summed E-state index contributed by atoms with van der Waals surface area (Å²) in [6, 6.07) is 10.5. The largest absolute Gasteiger partial charge is 0.439 e. The Morgan fingerprint density at radius 2 is 2.04 bits per heavy atom. The predicted molar refractivity (Wildman–Crippen MR) is 86.5 cm³/mol. The molecule has 1 heterocycles. The molecule has 0 fully saturated rings. The molecule has 0 radical (unpaired) electrons. The van der Waals surface area contributed by atoms with Gasteiger partial charge in [-0.3, -0.25) is 5.73 Å². The second-order valence-corrected chi connectivity index (χ2v) is 5.12. The third-order valence-corrected chi connectivity index (χ3v) is 3.22. The van der Waals surface area contributed by atoms with Gasteiger partial charge in [-0.25, -0.2) is 4.98 Å². The molecule has 0 aliphatic rings. The minimum absolute atomic E-state index is 0.302. The lowest BCUT2D eigenvalue weighted by Crippen LogP contribution is -2.20. The van der Waals surface area contributed by atoms with Gasteiger partial charge in [0.1, 0.15) is 11.4 Å². The quantitative estimate of drug-likeness (QED) is 0.621. The molecule has 0 aliphatic heterocycles. The molecule has 0 bridgehead atoms. The molecule has 0 saturated heterocycles. The number of halogens is 1. The number of rotatable bonds is 6. The number of nitrogens with one attached hydrogen (secondary N) is 1. The summed E-state index contributed by atoms with van der Waals surface area (Å²) in [4.78, 5) is 14.1. The van der Waals surface area contributed by atoms with Gasteiger partial charge in [0.2, 0.25) is 5.88 Å². The van der Waals surface area contributed by atoms with E-state index in [-0.39, 0.29) is 0 Å². The number of nitro groups is 1. The van der Waals surface area contributed by atoms with E-state index in [0.29, 0.717) is 28.9 Å². The zero-order chi connectivity index (χ0) is 16.8. The van der Waals surface area contributed by atoms with Crippen LogP contribution in [-0.2, 0) is 6.54 Å². The monoisotopic (exact) mass is 334 g/mol. The van der Waals surface area contributed by atoms with Gasteiger partial charge in [-0.05, 0) is 41.7 Å². The summed E-state index contributed by atoms with van der Waals surface area (Å²) in [5.41, 5.74) is 6.46. The minimum Gasteiger partial charge on any atom is -0.439 e. The van der Waals surface area contributed by atoms with Crippen LogP contribution in [0.15, 0.2) is 54.1 Å². The molecule has 0 spiro atoms. The number of pyridine rings is 1. The van der Waals surface area contributed by atoms with E-state index < -0.39 is 10.7 Å². The van der Waals surface area contributed by atoms with E-state index in [1.54, 1.807) is 49.5 Å². The summed E-state index contributed by atoms with van der Waals surface area (Å²) in [7, 11) is 0. The molecular weight excluding hydrogens is 320 g/mol. The van der Waals surface area contributed by atoms with E-state index in [9.17, 15) is 10.1 Å². The molecule has 23 heavy (non-hydrogen) atoms. The molecule has 0 amide bonds. The number of hydrogen-bond donors (Lipinski definition) is 2. The third kappa shape index (κ3) is 4.86. The Bertz CT molecular complexity index is 715. The van der Waals surface area contributed by atoms with Crippen molar-refractivity contribution in [3.8, 4) is 11.6 Å². The van der Waals surface area contributed by atoms with E-state index in [2.05, 4.69) is 10.3 Å². The Kier molecular flexibility index (Phi) is 5.37. The maximum absolute atomic E-state index is 10.5. The molecular formula is C15H15ClN4O3. The van der Waals surface area contributed by atoms with Crippen molar-refractivity contribution in [3.63, 3.8) is 0 Å². The number of ether oxygens (including phenoxy) is 1. The predicted octanol–water partition coefficient (Wildman–Crippen LogP) is 3.04. The molecule has 2 rings (SSSR count). The number of nitrogens with zero attached hydrogens (tertiary/aromatic N) is 2. The molecule has 8 heteroatoms. The fourth-order valence-electron chi connectivity index (χ4n) is 1.66. The standard InChI is InChI=1S/C15H15ClN4O3/c1-10(15(17)20(21)22)18-8-11-2-7-14(19-9-11)23-13-5-3-12(16)4-6-13/h2-7,9,18H,8,17H2,1H3. The van der Waals surface area contributed by atoms with E-state index in [0.717, 1.165) is 5.56 Å². The van der Waals surface area contributed by atoms with Gasteiger partial charge in [-0.15, -0.1) is 0 Å². The molecule has 2 aromatic rings. The topological polar surface area (TPSA) is 103 Å². The zero-order valence-corrected chi connectivity index (χ0v) is 13.1. The highest BCUT2D eigenvalue weighted by Gasteiger charge is 2.07. The average molecular weight is 335 g/mol. The normalized spacial score (nSPS) is 11.6. The number of nitrogens with two attached hydrogens (primary N) is 1. The Hall–Kier alpha value is -2.80. The average Bonchev–Trinajstić information content (AvgIpc) is 2.55. The number of hydrogen-bond acceptors (Lipinski definition) is 6. The lowest BCUT2D eigenvalue weighted by molar-refractivity contribution is -0.428. The highest BCUT2D eigenvalue weighted by Crippen LogP contribution is 2.21. The molecule has 0 atom stereocenters. The Labute approximate surface area is 137 Å². The van der Waals surface area contributed by atoms with Crippen LogP contribution < -0.4 is 15.8 Å². The van der Waals surface area contributed by atoms with Gasteiger partial charge in [-0.1, -0.05) is 17.7 Å². The Balaban J connectivity index is 1.96. The van der Waals surface area contributed by atoms with Gasteiger partial charge >= 0.3 is 5.82 Å². The molecule has 1 aromatic carbocycles. The van der Waals surface area contributed by atoms with Crippen LogP contribution in [-0.4, -0.2) is 9.91 Å². The van der Waals surface area contributed by atoms with Crippen LogP contribution in [0.5, 0.6) is 11.6 Å². The van der Waals surface area contributed by atoms with Crippen molar-refractivity contribution in [2.75, 3.05) is 0 Å². The first-order chi connectivity index (χ1) is 11.0. The summed E-state index contributed by atoms with van der Waals surface area (Å²) >= 11 is 5.80. The van der Waals surface area contributed by atoms with Crippen molar-refractivity contribution in [3.05, 3.63) is 74.8 Å². The summed E-state index contributed by atoms with van der Waals surface area (Å²) in [6.45, 7) is 1.91. The second-order valence-electron chi connectivity index (χ2n) is 4.68. The number of aromatic nitrogens is 1. The van der Waals surface area contributed by atoms with Crippen molar-refractivity contribution in [1.29, 1.82) is 0 Å². The number of allylic oxidation sites excluding steroid dienone is 1. The summed E-state index contributed by atoms with van der Waals surface area (Å²) in [5.74, 6) is 0.666. The molecule has 0 aliphatic carbocycles. The van der Waals surface area contributed by atoms with Crippen LogP contribution >= 0.6 is 11.6 Å². The fraction of sp³-hybridized carbons (Fsp3) is 0.133. The van der Waals surface area contributed by atoms with Crippen molar-refractivity contribution in [1.82, 2.24) is 10.3 Å². The van der Waals surface area contributed by atoms with Crippen LogP contribution in [0.1, 0.15) is 12.5 Å². The van der Waals surface area contributed by atoms with Crippen molar-refractivity contribution < 1.29 is 9.66 Å². The molecule has 1 aromatic heterocycles. The second kappa shape index (κ2) is 7.46. The first-order valence-corrected chi connectivity index (χ1v) is 7.06. The molecule has 0 unspecified atom stereocenters. The van der Waals surface area contributed by atoms with Crippen LogP contribution in [0.4, 0.5) is 0 Å². The zero-order valence-electron chi connectivity index (χ0n) is 12.3. The van der Waals surface area contributed by atoms with Crippen molar-refractivity contribution in [2.24, 2.45) is 5.73 Å². The van der Waals surface area contributed by atoms with E-state index in [4.69, 9.17) is 22.1 Å². The van der Waals surface area contributed by atoms with Crippen LogP contribution in [0, 0.1) is 10.1 Å². The molecule has 3 N–H and O–H groups in total. The maximum atomic E-state index is 10.5. The van der Waals surface area contributed by atoms with Gasteiger partial charge in [0.25, 0.3) is 0 Å². The van der Waals surface area contributed by atoms with Crippen LogP contribution in [0.25, 0.3) is 0 Å². The summed E-state index contributed by atoms with van der Waals surface area (Å²) in [5, 5.41) is 14.0. The third-order valence-electron chi connectivity index (χ3n) is 2.97. The molecule has 0 saturated carbocycles. The smallest absolute Gasteiger partial charge is 0.332 e. The van der Waals surface area contributed by atoms with Crippen molar-refractivity contribution >= 4 is 11.6 Å². The SMILES string of the molecule is CC(NCc1ccc(Oc2ccc(Cl)cc2)nc1)=C(N)[N+](=O)[O-]. The van der Waals surface area contributed by atoms with E-state index >= 15 is 0 Å². The molecule has 120 valence electrons. The van der Waals surface area contributed by atoms with E-state index in [1.807, 2.05) is 0 Å². The lowest BCUT2D eigenvalue weighted by Gasteiger charge is -2.08. The highest BCUT2D eigenvalue weighted by molar-refractivity contribution is 6.30. The fourth-order valence-corrected chi connectivity index (χ4v) is 1.79. The first kappa shape index (κ1) is 16.6. The Morgan fingerprint density at radius 3 is 2.61 bits per heavy atom.